The third-order valence-electron chi connectivity index (χ3n) is 6.32. The number of hydrazine groups is 1. The summed E-state index contributed by atoms with van der Waals surface area (Å²) in [5.41, 5.74) is 6.84. The molecule has 5 aromatic rings. The van der Waals surface area contributed by atoms with Gasteiger partial charge in [0.2, 0.25) is 0 Å². The number of fused-ring (bicyclic) bond motifs is 1. The van der Waals surface area contributed by atoms with Crippen LogP contribution in [0.25, 0.3) is 10.8 Å². The van der Waals surface area contributed by atoms with E-state index in [1.165, 1.54) is 48.5 Å². The van der Waals surface area contributed by atoms with E-state index in [0.717, 1.165) is 18.2 Å². The number of para-hydroxylation sites is 1. The number of benzene rings is 5. The fourth-order valence-electron chi connectivity index (χ4n) is 4.28. The Bertz CT molecular complexity index is 2260. The quantitative estimate of drug-likeness (QED) is 0.0557. The summed E-state index contributed by atoms with van der Waals surface area (Å²) in [7, 11) is -13.9. The zero-order chi connectivity index (χ0) is 32.4. The molecule has 6 N–H and O–H groups in total. The monoisotopic (exact) mass is 669 g/mol. The SMILES string of the molecule is O=S(=O)(O)c1ccc(NNc2ccc(N=Nc3ccc(Nc4ccccc4)c4c(S(=O)(=O)O)cccc34)c(S(=O)(=O)O)c2)cc1. The highest BCUT2D eigenvalue weighted by molar-refractivity contribution is 7.86. The molecule has 0 fully saturated rings. The van der Waals surface area contributed by atoms with Crippen molar-refractivity contribution in [3.8, 4) is 0 Å². The van der Waals surface area contributed by atoms with Gasteiger partial charge in [-0.15, -0.1) is 10.2 Å². The Hall–Kier alpha value is -4.91. The first-order valence-electron chi connectivity index (χ1n) is 12.7. The summed E-state index contributed by atoms with van der Waals surface area (Å²) in [5.74, 6) is 0. The molecule has 0 aromatic heterocycles. The van der Waals surface area contributed by atoms with Crippen LogP contribution < -0.4 is 16.2 Å². The molecule has 0 unspecified atom stereocenters. The van der Waals surface area contributed by atoms with Crippen LogP contribution in [0.5, 0.6) is 0 Å². The summed E-state index contributed by atoms with van der Waals surface area (Å²) < 4.78 is 100. The summed E-state index contributed by atoms with van der Waals surface area (Å²) in [6, 6.07) is 24.9. The summed E-state index contributed by atoms with van der Waals surface area (Å²) in [5, 5.41) is 11.7. The molecule has 5 rings (SSSR count). The average molecular weight is 670 g/mol. The van der Waals surface area contributed by atoms with E-state index in [0.29, 0.717) is 17.1 Å². The minimum atomic E-state index is -4.81. The van der Waals surface area contributed by atoms with Gasteiger partial charge in [-0.25, -0.2) is 0 Å². The van der Waals surface area contributed by atoms with Gasteiger partial charge >= 0.3 is 0 Å². The zero-order valence-corrected chi connectivity index (χ0v) is 25.2. The topological polar surface area (TPSA) is 224 Å². The average Bonchev–Trinajstić information content (AvgIpc) is 2.99. The number of rotatable bonds is 10. The largest absolute Gasteiger partial charge is 0.355 e. The van der Waals surface area contributed by atoms with Crippen LogP contribution in [0.2, 0.25) is 0 Å². The van der Waals surface area contributed by atoms with Crippen molar-refractivity contribution in [3.63, 3.8) is 0 Å². The second-order valence-electron chi connectivity index (χ2n) is 9.38. The highest BCUT2D eigenvalue weighted by Crippen LogP contribution is 2.39. The van der Waals surface area contributed by atoms with Crippen molar-refractivity contribution < 1.29 is 38.9 Å². The van der Waals surface area contributed by atoms with Crippen LogP contribution in [0, 0.1) is 0 Å². The number of hydrogen-bond donors (Lipinski definition) is 6. The maximum Gasteiger partial charge on any atom is 0.296 e. The smallest absolute Gasteiger partial charge is 0.296 e. The fourth-order valence-corrected chi connectivity index (χ4v) is 6.14. The van der Waals surface area contributed by atoms with E-state index in [-0.39, 0.29) is 37.6 Å². The predicted molar refractivity (Wildman–Crippen MR) is 167 cm³/mol. The minimum absolute atomic E-state index is 0.116. The standard InChI is InChI=1S/C28H23N5O9S3/c34-43(35,36)21-12-9-19(10-13-21)30-31-20-11-14-24(27(17-20)45(40,41)42)33-32-23-15-16-25(29-18-5-2-1-3-6-18)28-22(23)7-4-8-26(28)44(37,38)39/h1-17,29-31H,(H,34,35,36)(H,37,38,39)(H,40,41,42). The van der Waals surface area contributed by atoms with E-state index < -0.39 is 35.2 Å². The predicted octanol–water partition coefficient (Wildman–Crippen LogP) is 6.18. The van der Waals surface area contributed by atoms with Gasteiger partial charge in [0.15, 0.2) is 0 Å². The molecule has 0 heterocycles. The molecule has 232 valence electrons. The van der Waals surface area contributed by atoms with Crippen LogP contribution in [-0.2, 0) is 30.4 Å². The Morgan fingerprint density at radius 1 is 0.511 bits per heavy atom. The van der Waals surface area contributed by atoms with Crippen LogP contribution in [0.4, 0.5) is 34.1 Å². The van der Waals surface area contributed by atoms with Gasteiger partial charge < -0.3 is 16.2 Å². The lowest BCUT2D eigenvalue weighted by Gasteiger charge is -2.14. The van der Waals surface area contributed by atoms with Crippen molar-refractivity contribution in [2.75, 3.05) is 16.2 Å². The van der Waals surface area contributed by atoms with E-state index in [1.807, 2.05) is 6.07 Å². The summed E-state index contributed by atoms with van der Waals surface area (Å²) in [4.78, 5) is -1.31. The molecule has 0 saturated carbocycles. The molecule has 5 aromatic carbocycles. The Kier molecular flexibility index (Phi) is 8.57. The lowest BCUT2D eigenvalue weighted by Crippen LogP contribution is -2.10. The second-order valence-corrected chi connectivity index (χ2v) is 13.6. The van der Waals surface area contributed by atoms with E-state index in [4.69, 9.17) is 4.55 Å². The summed E-state index contributed by atoms with van der Waals surface area (Å²) >= 11 is 0. The fraction of sp³-hybridized carbons (Fsp3) is 0. The summed E-state index contributed by atoms with van der Waals surface area (Å²) in [6.07, 6.45) is 0. The second kappa shape index (κ2) is 12.2. The van der Waals surface area contributed by atoms with Gasteiger partial charge in [0.25, 0.3) is 30.4 Å². The van der Waals surface area contributed by atoms with Gasteiger partial charge in [-0.1, -0.05) is 30.3 Å². The van der Waals surface area contributed by atoms with Crippen LogP contribution in [0.15, 0.2) is 128 Å². The number of anilines is 4. The molecule has 45 heavy (non-hydrogen) atoms. The molecular weight excluding hydrogens is 647 g/mol. The molecule has 0 radical (unpaired) electrons. The van der Waals surface area contributed by atoms with Crippen molar-refractivity contribution in [1.29, 1.82) is 0 Å². The lowest BCUT2D eigenvalue weighted by molar-refractivity contribution is 0.481. The van der Waals surface area contributed by atoms with Crippen molar-refractivity contribution in [3.05, 3.63) is 103 Å². The number of nitrogens with zero attached hydrogens (tertiary/aromatic N) is 2. The first kappa shape index (κ1) is 31.5. The molecule has 0 aliphatic rings. The van der Waals surface area contributed by atoms with E-state index in [1.54, 1.807) is 30.3 Å². The first-order chi connectivity index (χ1) is 21.2. The molecule has 0 aliphatic heterocycles. The molecular formula is C28H23N5O9S3. The van der Waals surface area contributed by atoms with Crippen molar-refractivity contribution in [1.82, 2.24) is 0 Å². The van der Waals surface area contributed by atoms with E-state index >= 15 is 0 Å². The highest BCUT2D eigenvalue weighted by Gasteiger charge is 2.20. The van der Waals surface area contributed by atoms with Gasteiger partial charge in [-0.3, -0.25) is 13.7 Å². The maximum absolute atomic E-state index is 12.3. The Balaban J connectivity index is 1.49. The first-order valence-corrected chi connectivity index (χ1v) is 17.0. The number of nitrogens with one attached hydrogen (secondary N) is 3. The molecule has 0 bridgehead atoms. The molecule has 0 aliphatic carbocycles. The van der Waals surface area contributed by atoms with E-state index in [9.17, 15) is 34.4 Å². The van der Waals surface area contributed by atoms with E-state index in [2.05, 4.69) is 26.4 Å². The molecule has 14 nitrogen and oxygen atoms in total. The highest BCUT2D eigenvalue weighted by atomic mass is 32.2. The van der Waals surface area contributed by atoms with Crippen LogP contribution in [0.1, 0.15) is 0 Å². The zero-order valence-electron chi connectivity index (χ0n) is 22.7. The molecule has 17 heteroatoms. The normalized spacial score (nSPS) is 12.3. The molecule has 0 amide bonds. The van der Waals surface area contributed by atoms with Gasteiger partial charge in [-0.2, -0.15) is 25.3 Å². The van der Waals surface area contributed by atoms with Gasteiger partial charge in [0.05, 0.1) is 22.0 Å². The minimum Gasteiger partial charge on any atom is -0.355 e. The van der Waals surface area contributed by atoms with Crippen molar-refractivity contribution in [2.45, 2.75) is 14.7 Å². The van der Waals surface area contributed by atoms with Crippen LogP contribution in [-0.4, -0.2) is 38.9 Å². The van der Waals surface area contributed by atoms with Gasteiger partial charge in [0.1, 0.15) is 15.5 Å². The van der Waals surface area contributed by atoms with Crippen LogP contribution >= 0.6 is 0 Å². The Morgan fingerprint density at radius 3 is 1.76 bits per heavy atom. The van der Waals surface area contributed by atoms with Crippen LogP contribution in [0.3, 0.4) is 0 Å². The summed E-state index contributed by atoms with van der Waals surface area (Å²) in [6.45, 7) is 0. The number of azo groups is 1. The lowest BCUT2D eigenvalue weighted by atomic mass is 10.1. The Morgan fingerprint density at radius 2 is 1.11 bits per heavy atom. The number of hydrogen-bond acceptors (Lipinski definition) is 11. The van der Waals surface area contributed by atoms with Gasteiger partial charge in [-0.05, 0) is 72.8 Å². The Labute approximate surface area is 257 Å². The maximum atomic E-state index is 12.3. The molecule has 0 atom stereocenters. The van der Waals surface area contributed by atoms with Gasteiger partial charge in [0, 0.05) is 22.1 Å². The van der Waals surface area contributed by atoms with Crippen molar-refractivity contribution in [2.24, 2.45) is 10.2 Å². The molecule has 0 saturated heterocycles. The third kappa shape index (κ3) is 7.43. The third-order valence-corrected chi connectivity index (χ3v) is 8.96. The van der Waals surface area contributed by atoms with Crippen molar-refractivity contribution >= 4 is 75.3 Å². The molecule has 0 spiro atoms.